The number of unbranched alkanes of at least 4 members (excludes halogenated alkanes) is 1. The van der Waals surface area contributed by atoms with Gasteiger partial charge in [-0.2, -0.15) is 0 Å². The smallest absolute Gasteiger partial charge is 0.244 e. The third-order valence-electron chi connectivity index (χ3n) is 3.51. The maximum atomic E-state index is 12.4. The second-order valence-electron chi connectivity index (χ2n) is 5.41. The van der Waals surface area contributed by atoms with Crippen molar-refractivity contribution < 1.29 is 17.9 Å². The van der Waals surface area contributed by atoms with Crippen LogP contribution in [0.5, 0.6) is 5.75 Å². The molecule has 0 aromatic heterocycles. The number of hydrogen-bond acceptors (Lipinski definition) is 4. The van der Waals surface area contributed by atoms with Crippen molar-refractivity contribution >= 4 is 15.9 Å². The lowest BCUT2D eigenvalue weighted by molar-refractivity contribution is -0.128. The summed E-state index contributed by atoms with van der Waals surface area (Å²) in [6.45, 7) is 6.52. The maximum Gasteiger partial charge on any atom is 0.244 e. The predicted molar refractivity (Wildman–Crippen MR) is 90.1 cm³/mol. The Labute approximate surface area is 138 Å². The first-order valence-corrected chi connectivity index (χ1v) is 9.20. The number of nitrogens with one attached hydrogen (secondary N) is 1. The van der Waals surface area contributed by atoms with Gasteiger partial charge in [0.2, 0.25) is 15.9 Å². The third-order valence-corrected chi connectivity index (χ3v) is 4.99. The monoisotopic (exact) mass is 342 g/mol. The van der Waals surface area contributed by atoms with Crippen LogP contribution in [0.2, 0.25) is 0 Å². The van der Waals surface area contributed by atoms with Crippen molar-refractivity contribution in [3.05, 3.63) is 23.8 Å². The van der Waals surface area contributed by atoms with Crippen LogP contribution >= 0.6 is 0 Å². The van der Waals surface area contributed by atoms with Crippen molar-refractivity contribution in [3.63, 3.8) is 0 Å². The number of nitrogens with zero attached hydrogens (tertiary/aromatic N) is 1. The summed E-state index contributed by atoms with van der Waals surface area (Å²) in [7, 11) is -2.24. The molecular weight excluding hydrogens is 316 g/mol. The van der Waals surface area contributed by atoms with Gasteiger partial charge in [0.05, 0.1) is 7.11 Å². The molecule has 6 nitrogen and oxygen atoms in total. The quantitative estimate of drug-likeness (QED) is 0.744. The van der Waals surface area contributed by atoms with Gasteiger partial charge >= 0.3 is 0 Å². The lowest BCUT2D eigenvalue weighted by Crippen LogP contribution is -2.38. The Morgan fingerprint density at radius 3 is 2.57 bits per heavy atom. The average molecular weight is 342 g/mol. The van der Waals surface area contributed by atoms with Crippen molar-refractivity contribution in [1.82, 2.24) is 9.62 Å². The van der Waals surface area contributed by atoms with Crippen LogP contribution in [0.15, 0.2) is 23.1 Å². The van der Waals surface area contributed by atoms with Crippen LogP contribution in [-0.4, -0.2) is 46.0 Å². The van der Waals surface area contributed by atoms with Crippen LogP contribution in [-0.2, 0) is 14.8 Å². The minimum absolute atomic E-state index is 0.0502. The van der Waals surface area contributed by atoms with E-state index in [1.165, 1.54) is 14.0 Å². The molecular formula is C16H26N2O4S. The topological polar surface area (TPSA) is 75.7 Å². The van der Waals surface area contributed by atoms with Gasteiger partial charge in [0, 0.05) is 26.6 Å². The normalized spacial score (nSPS) is 11.3. The predicted octanol–water partition coefficient (Wildman–Crippen LogP) is 1.93. The maximum absolute atomic E-state index is 12.4. The van der Waals surface area contributed by atoms with Crippen molar-refractivity contribution in [1.29, 1.82) is 0 Å². The van der Waals surface area contributed by atoms with E-state index in [1.54, 1.807) is 23.1 Å². The summed E-state index contributed by atoms with van der Waals surface area (Å²) in [6.07, 6.45) is 1.88. The van der Waals surface area contributed by atoms with E-state index in [0.717, 1.165) is 18.4 Å². The molecule has 0 bridgehead atoms. The molecule has 130 valence electrons. The molecule has 1 aromatic rings. The van der Waals surface area contributed by atoms with Crippen LogP contribution < -0.4 is 9.46 Å². The van der Waals surface area contributed by atoms with E-state index in [-0.39, 0.29) is 17.3 Å². The molecule has 1 rings (SSSR count). The van der Waals surface area contributed by atoms with Gasteiger partial charge in [-0.1, -0.05) is 19.4 Å². The number of carbonyl (C=O) groups excluding carboxylic acids is 1. The van der Waals surface area contributed by atoms with Gasteiger partial charge in [0.25, 0.3) is 0 Å². The van der Waals surface area contributed by atoms with Gasteiger partial charge in [-0.15, -0.1) is 0 Å². The number of benzene rings is 1. The fraction of sp³-hybridized carbons (Fsp3) is 0.562. The summed E-state index contributed by atoms with van der Waals surface area (Å²) in [5, 5.41) is 0. The fourth-order valence-corrected chi connectivity index (χ4v) is 3.44. The molecule has 0 saturated carbocycles. The largest absolute Gasteiger partial charge is 0.495 e. The highest BCUT2D eigenvalue weighted by molar-refractivity contribution is 7.89. The first-order valence-electron chi connectivity index (χ1n) is 7.71. The number of aryl methyl sites for hydroxylation is 1. The zero-order valence-corrected chi connectivity index (χ0v) is 15.1. The molecule has 7 heteroatoms. The van der Waals surface area contributed by atoms with Gasteiger partial charge in [-0.25, -0.2) is 13.1 Å². The molecule has 1 N–H and O–H groups in total. The van der Waals surface area contributed by atoms with Gasteiger partial charge in [0.1, 0.15) is 10.6 Å². The van der Waals surface area contributed by atoms with Crippen LogP contribution in [0, 0.1) is 6.92 Å². The zero-order chi connectivity index (χ0) is 17.5. The van der Waals surface area contributed by atoms with Crippen LogP contribution in [0.25, 0.3) is 0 Å². The minimum Gasteiger partial charge on any atom is -0.495 e. The molecule has 0 fully saturated rings. The van der Waals surface area contributed by atoms with E-state index >= 15 is 0 Å². The fourth-order valence-electron chi connectivity index (χ4n) is 2.16. The lowest BCUT2D eigenvalue weighted by Gasteiger charge is -2.21. The van der Waals surface area contributed by atoms with Crippen LogP contribution in [0.1, 0.15) is 32.3 Å². The molecule has 0 aliphatic heterocycles. The number of ether oxygens (including phenoxy) is 1. The number of rotatable bonds is 9. The lowest BCUT2D eigenvalue weighted by atomic mass is 10.2. The third kappa shape index (κ3) is 5.84. The molecule has 1 amide bonds. The molecule has 1 aromatic carbocycles. The molecule has 0 spiro atoms. The summed E-state index contributed by atoms with van der Waals surface area (Å²) in [4.78, 5) is 13.3. The summed E-state index contributed by atoms with van der Waals surface area (Å²) in [5.41, 5.74) is 0.833. The highest BCUT2D eigenvalue weighted by atomic mass is 32.2. The Morgan fingerprint density at radius 1 is 1.30 bits per heavy atom. The van der Waals surface area contributed by atoms with Crippen molar-refractivity contribution in [2.45, 2.75) is 38.5 Å². The highest BCUT2D eigenvalue weighted by Crippen LogP contribution is 2.24. The van der Waals surface area contributed by atoms with Crippen molar-refractivity contribution in [3.8, 4) is 5.75 Å². The van der Waals surface area contributed by atoms with Crippen molar-refractivity contribution in [2.75, 3.05) is 26.7 Å². The number of methoxy groups -OCH3 is 1. The Kier molecular flexibility index (Phi) is 7.51. The standard InChI is InChI=1S/C16H26N2O4S/c1-5-6-10-18(14(3)19)11-9-17-23(20,21)16-12-13(2)7-8-15(16)22-4/h7-8,12,17H,5-6,9-11H2,1-4H3. The first-order chi connectivity index (χ1) is 10.8. The SMILES string of the molecule is CCCCN(CCNS(=O)(=O)c1cc(C)ccc1OC)C(C)=O. The van der Waals surface area contributed by atoms with E-state index < -0.39 is 10.0 Å². The number of sulfonamides is 1. The molecule has 0 atom stereocenters. The molecule has 0 radical (unpaired) electrons. The molecule has 0 saturated heterocycles. The molecule has 0 heterocycles. The first kappa shape index (κ1) is 19.4. The molecule has 23 heavy (non-hydrogen) atoms. The Morgan fingerprint density at radius 2 is 2.00 bits per heavy atom. The number of carbonyl (C=O) groups is 1. The van der Waals surface area contributed by atoms with Gasteiger partial charge < -0.3 is 9.64 Å². The molecule has 0 unspecified atom stereocenters. The van der Waals surface area contributed by atoms with Gasteiger partial charge in [0.15, 0.2) is 0 Å². The number of amides is 1. The van der Waals surface area contributed by atoms with Crippen molar-refractivity contribution in [2.24, 2.45) is 0 Å². The Bertz CT molecular complexity index is 629. The molecule has 0 aliphatic rings. The summed E-state index contributed by atoms with van der Waals surface area (Å²) >= 11 is 0. The van der Waals surface area contributed by atoms with Gasteiger partial charge in [-0.3, -0.25) is 4.79 Å². The van der Waals surface area contributed by atoms with E-state index in [1.807, 2.05) is 13.8 Å². The van der Waals surface area contributed by atoms with Crippen LogP contribution in [0.3, 0.4) is 0 Å². The van der Waals surface area contributed by atoms with E-state index in [0.29, 0.717) is 18.8 Å². The minimum atomic E-state index is -3.68. The van der Waals surface area contributed by atoms with Gasteiger partial charge in [-0.05, 0) is 31.0 Å². The summed E-state index contributed by atoms with van der Waals surface area (Å²) in [6, 6.07) is 4.99. The highest BCUT2D eigenvalue weighted by Gasteiger charge is 2.20. The average Bonchev–Trinajstić information content (AvgIpc) is 2.50. The number of hydrogen-bond donors (Lipinski definition) is 1. The summed E-state index contributed by atoms with van der Waals surface area (Å²) in [5.74, 6) is 0.253. The second-order valence-corrected chi connectivity index (χ2v) is 7.15. The van der Waals surface area contributed by atoms with Crippen LogP contribution in [0.4, 0.5) is 0 Å². The Hall–Kier alpha value is -1.60. The van der Waals surface area contributed by atoms with E-state index in [4.69, 9.17) is 4.74 Å². The molecule has 0 aliphatic carbocycles. The van der Waals surface area contributed by atoms with E-state index in [2.05, 4.69) is 4.72 Å². The zero-order valence-electron chi connectivity index (χ0n) is 14.3. The Balaban J connectivity index is 2.76. The summed E-state index contributed by atoms with van der Waals surface area (Å²) < 4.78 is 32.5. The second kappa shape index (κ2) is 8.88. The van der Waals surface area contributed by atoms with E-state index in [9.17, 15) is 13.2 Å².